The zero-order chi connectivity index (χ0) is 8.55. The van der Waals surface area contributed by atoms with Gasteiger partial charge >= 0.3 is 0 Å². The molecule has 2 rings (SSSR count). The van der Waals surface area contributed by atoms with E-state index in [4.69, 9.17) is 0 Å². The van der Waals surface area contributed by atoms with Gasteiger partial charge < -0.3 is 0 Å². The van der Waals surface area contributed by atoms with Gasteiger partial charge in [-0.2, -0.15) is 5.10 Å². The third-order valence-corrected chi connectivity index (χ3v) is 2.14. The van der Waals surface area contributed by atoms with Crippen LogP contribution in [0.1, 0.15) is 24.5 Å². The lowest BCUT2D eigenvalue weighted by atomic mass is 10.3. The molecule has 12 heavy (non-hydrogen) atoms. The molecule has 0 aliphatic carbocycles. The summed E-state index contributed by atoms with van der Waals surface area (Å²) in [7, 11) is 2.07. The molecule has 1 saturated heterocycles. The molecule has 1 aliphatic rings. The maximum Gasteiger partial charge on any atom is 0.150 e. The molecule has 0 saturated carbocycles. The molecule has 2 atom stereocenters. The van der Waals surface area contributed by atoms with E-state index in [1.807, 2.05) is 13.1 Å². The second-order valence-corrected chi connectivity index (χ2v) is 3.11. The van der Waals surface area contributed by atoms with Crippen LogP contribution in [-0.2, 0) is 6.42 Å². The summed E-state index contributed by atoms with van der Waals surface area (Å²) in [5.41, 5.74) is 0.995. The van der Waals surface area contributed by atoms with Gasteiger partial charge in [-0.3, -0.25) is 4.90 Å². The molecule has 4 nitrogen and oxygen atoms in total. The van der Waals surface area contributed by atoms with Gasteiger partial charge in [-0.1, -0.05) is 6.92 Å². The van der Waals surface area contributed by atoms with Gasteiger partial charge in [0.2, 0.25) is 0 Å². The number of nitrogens with zero attached hydrogens (tertiary/aromatic N) is 4. The van der Waals surface area contributed by atoms with E-state index < -0.39 is 0 Å². The molecule has 1 aromatic heterocycles. The zero-order valence-electron chi connectivity index (χ0n) is 7.36. The van der Waals surface area contributed by atoms with Crippen LogP contribution in [0, 0.1) is 0 Å². The zero-order valence-corrected chi connectivity index (χ0v) is 7.36. The molecule has 1 fully saturated rings. The minimum absolute atomic E-state index is 0.468. The second kappa shape index (κ2) is 2.79. The predicted octanol–water partition coefficient (Wildman–Crippen LogP) is 0.420. The number of aromatic nitrogens is 3. The molecule has 0 N–H and O–H groups in total. The van der Waals surface area contributed by atoms with Crippen molar-refractivity contribution in [1.82, 2.24) is 20.1 Å². The van der Waals surface area contributed by atoms with Crippen molar-refractivity contribution in [2.75, 3.05) is 13.6 Å². The van der Waals surface area contributed by atoms with Crippen LogP contribution in [0.3, 0.4) is 0 Å². The number of hydrogen-bond acceptors (Lipinski definition) is 4. The minimum atomic E-state index is 0.468. The van der Waals surface area contributed by atoms with Gasteiger partial charge in [0.1, 0.15) is 0 Å². The molecular formula is C8H12N4. The molecule has 2 unspecified atom stereocenters. The first-order chi connectivity index (χ1) is 5.81. The highest BCUT2D eigenvalue weighted by atomic mass is 15.3. The fraction of sp³-hybridized carbons (Fsp3) is 0.625. The summed E-state index contributed by atoms with van der Waals surface area (Å²) < 4.78 is 0. The first-order valence-corrected chi connectivity index (χ1v) is 4.20. The van der Waals surface area contributed by atoms with Crippen molar-refractivity contribution >= 4 is 0 Å². The first-order valence-electron chi connectivity index (χ1n) is 4.20. The highest BCUT2D eigenvalue weighted by Gasteiger charge is 2.33. The highest BCUT2D eigenvalue weighted by Crippen LogP contribution is 2.29. The summed E-state index contributed by atoms with van der Waals surface area (Å²) in [6, 6.07) is 0.468. The number of likely N-dealkylation sites (N-methyl/N-ethyl adjacent to an activating group) is 1. The lowest BCUT2D eigenvalue weighted by Crippen LogP contribution is -2.00. The quantitative estimate of drug-likeness (QED) is 0.594. The Balaban J connectivity index is 2.14. The van der Waals surface area contributed by atoms with E-state index in [0.717, 1.165) is 24.5 Å². The molecule has 4 heteroatoms. The summed E-state index contributed by atoms with van der Waals surface area (Å²) in [4.78, 5) is 6.40. The molecule has 1 aliphatic heterocycles. The normalized spacial score (nSPS) is 27.2. The lowest BCUT2D eigenvalue weighted by Gasteiger charge is -1.96. The van der Waals surface area contributed by atoms with Gasteiger partial charge in [0.25, 0.3) is 0 Å². The van der Waals surface area contributed by atoms with Crippen LogP contribution in [-0.4, -0.2) is 33.7 Å². The van der Waals surface area contributed by atoms with Crippen molar-refractivity contribution in [1.29, 1.82) is 0 Å². The van der Waals surface area contributed by atoms with Crippen LogP contribution in [0.2, 0.25) is 0 Å². The Morgan fingerprint density at radius 3 is 2.75 bits per heavy atom. The van der Waals surface area contributed by atoms with E-state index in [0.29, 0.717) is 6.04 Å². The van der Waals surface area contributed by atoms with Crippen molar-refractivity contribution in [3.63, 3.8) is 0 Å². The Morgan fingerprint density at radius 2 is 2.33 bits per heavy atom. The summed E-state index contributed by atoms with van der Waals surface area (Å²) in [6.07, 6.45) is 2.69. The largest absolute Gasteiger partial charge is 0.295 e. The van der Waals surface area contributed by atoms with Crippen molar-refractivity contribution in [3.05, 3.63) is 17.7 Å². The molecule has 0 spiro atoms. The van der Waals surface area contributed by atoms with Gasteiger partial charge in [0.05, 0.1) is 17.9 Å². The van der Waals surface area contributed by atoms with Gasteiger partial charge in [-0.15, -0.1) is 5.10 Å². The van der Waals surface area contributed by atoms with Crippen molar-refractivity contribution < 1.29 is 0 Å². The number of aryl methyl sites for hydroxylation is 1. The average Bonchev–Trinajstić information content (AvgIpc) is 2.83. The van der Waals surface area contributed by atoms with Crippen LogP contribution in [0.15, 0.2) is 6.20 Å². The van der Waals surface area contributed by atoms with Gasteiger partial charge in [-0.25, -0.2) is 4.98 Å². The predicted molar refractivity (Wildman–Crippen MR) is 44.6 cm³/mol. The Bertz CT molecular complexity index is 269. The van der Waals surface area contributed by atoms with Gasteiger partial charge in [0, 0.05) is 13.0 Å². The minimum Gasteiger partial charge on any atom is -0.295 e. The van der Waals surface area contributed by atoms with E-state index in [-0.39, 0.29) is 0 Å². The Labute approximate surface area is 71.6 Å². The first kappa shape index (κ1) is 7.61. The molecule has 64 valence electrons. The van der Waals surface area contributed by atoms with E-state index in [1.165, 1.54) is 0 Å². The van der Waals surface area contributed by atoms with Crippen molar-refractivity contribution in [3.8, 4) is 0 Å². The second-order valence-electron chi connectivity index (χ2n) is 3.11. The SMILES string of the molecule is CCc1ncc(C2CN2C)nn1. The summed E-state index contributed by atoms with van der Waals surface area (Å²) in [6.45, 7) is 3.11. The topological polar surface area (TPSA) is 41.7 Å². The van der Waals surface area contributed by atoms with Crippen molar-refractivity contribution in [2.45, 2.75) is 19.4 Å². The molecule has 0 amide bonds. The van der Waals surface area contributed by atoms with E-state index in [2.05, 4.69) is 27.1 Å². The van der Waals surface area contributed by atoms with Crippen LogP contribution < -0.4 is 0 Å². The molecule has 0 aromatic carbocycles. The number of hydrogen-bond donors (Lipinski definition) is 0. The average molecular weight is 164 g/mol. The third-order valence-electron chi connectivity index (χ3n) is 2.14. The van der Waals surface area contributed by atoms with E-state index >= 15 is 0 Å². The van der Waals surface area contributed by atoms with Crippen LogP contribution in [0.4, 0.5) is 0 Å². The van der Waals surface area contributed by atoms with Crippen LogP contribution in [0.25, 0.3) is 0 Å². The van der Waals surface area contributed by atoms with E-state index in [9.17, 15) is 0 Å². The number of rotatable bonds is 2. The van der Waals surface area contributed by atoms with Crippen LogP contribution in [0.5, 0.6) is 0 Å². The maximum absolute atomic E-state index is 4.19. The fourth-order valence-electron chi connectivity index (χ4n) is 1.17. The van der Waals surface area contributed by atoms with E-state index in [1.54, 1.807) is 0 Å². The molecule has 1 aromatic rings. The molecule has 2 heterocycles. The summed E-state index contributed by atoms with van der Waals surface area (Å²) in [5, 5.41) is 8.11. The molecular weight excluding hydrogens is 152 g/mol. The Kier molecular flexibility index (Phi) is 1.77. The highest BCUT2D eigenvalue weighted by molar-refractivity contribution is 5.09. The van der Waals surface area contributed by atoms with Crippen LogP contribution >= 0.6 is 0 Å². The fourth-order valence-corrected chi connectivity index (χ4v) is 1.17. The van der Waals surface area contributed by atoms with Gasteiger partial charge in [-0.05, 0) is 7.05 Å². The standard InChI is InChI=1S/C8H12N4/c1-3-8-9-4-6(10-11-8)7-5-12(7)2/h4,7H,3,5H2,1-2H3. The maximum atomic E-state index is 4.19. The molecule has 0 radical (unpaired) electrons. The summed E-state index contributed by atoms with van der Waals surface area (Å²) in [5.74, 6) is 0.821. The van der Waals surface area contributed by atoms with Gasteiger partial charge in [0.15, 0.2) is 5.82 Å². The lowest BCUT2D eigenvalue weighted by molar-refractivity contribution is 0.612. The summed E-state index contributed by atoms with van der Waals surface area (Å²) >= 11 is 0. The smallest absolute Gasteiger partial charge is 0.150 e. The Morgan fingerprint density at radius 1 is 1.58 bits per heavy atom. The molecule has 0 bridgehead atoms. The third kappa shape index (κ3) is 1.30. The van der Waals surface area contributed by atoms with Crippen molar-refractivity contribution in [2.24, 2.45) is 0 Å². The Hall–Kier alpha value is -1.03. The monoisotopic (exact) mass is 164 g/mol.